The number of hydrogen-bond acceptors (Lipinski definition) is 6. The van der Waals surface area contributed by atoms with E-state index < -0.39 is 6.10 Å². The lowest BCUT2D eigenvalue weighted by molar-refractivity contribution is -0.383. The van der Waals surface area contributed by atoms with E-state index in [1.807, 2.05) is 0 Å². The van der Waals surface area contributed by atoms with E-state index in [1.54, 1.807) is 14.0 Å². The molecule has 1 aliphatic heterocycles. The van der Waals surface area contributed by atoms with E-state index in [0.717, 1.165) is 25.9 Å². The molecule has 1 saturated heterocycles. The van der Waals surface area contributed by atoms with Crippen LogP contribution in [0, 0.1) is 16.0 Å². The number of ether oxygens (including phenoxy) is 1. The Bertz CT molecular complexity index is 473. The Morgan fingerprint density at radius 3 is 3.05 bits per heavy atom. The first-order valence-corrected chi connectivity index (χ1v) is 7.54. The number of hydrogen-bond donors (Lipinski definition) is 1. The van der Waals surface area contributed by atoms with Gasteiger partial charge >= 0.3 is 5.69 Å². The maximum atomic E-state index is 11.2. The molecule has 2 atom stereocenters. The van der Waals surface area contributed by atoms with Gasteiger partial charge in [0.2, 0.25) is 0 Å². The van der Waals surface area contributed by atoms with E-state index in [2.05, 4.69) is 4.90 Å². The molecule has 7 heteroatoms. The van der Waals surface area contributed by atoms with Gasteiger partial charge in [0, 0.05) is 31.1 Å². The molecule has 1 aliphatic rings. The Balaban J connectivity index is 2.24. The Labute approximate surface area is 122 Å². The van der Waals surface area contributed by atoms with Crippen molar-refractivity contribution in [3.05, 3.63) is 21.1 Å². The minimum absolute atomic E-state index is 0.101. The third kappa shape index (κ3) is 3.28. The summed E-state index contributed by atoms with van der Waals surface area (Å²) in [6.07, 6.45) is 1.42. The SMILES string of the molecule is COCC1CCCN(c2sc([C@H](C)O)cc2[N+](=O)[O-])C1. The van der Waals surface area contributed by atoms with Crippen LogP contribution in [0.15, 0.2) is 6.07 Å². The number of rotatable bonds is 5. The molecule has 6 nitrogen and oxygen atoms in total. The van der Waals surface area contributed by atoms with E-state index >= 15 is 0 Å². The molecule has 0 spiro atoms. The maximum absolute atomic E-state index is 11.2. The van der Waals surface area contributed by atoms with Crippen LogP contribution in [0.3, 0.4) is 0 Å². The molecule has 0 amide bonds. The Kier molecular flexibility index (Phi) is 4.95. The number of nitro groups is 1. The molecule has 0 bridgehead atoms. The van der Waals surface area contributed by atoms with Crippen LogP contribution in [-0.4, -0.2) is 36.8 Å². The molecule has 112 valence electrons. The summed E-state index contributed by atoms with van der Waals surface area (Å²) in [7, 11) is 1.68. The zero-order valence-corrected chi connectivity index (χ0v) is 12.6. The van der Waals surface area contributed by atoms with Gasteiger partial charge in [0.05, 0.1) is 17.6 Å². The minimum Gasteiger partial charge on any atom is -0.388 e. The van der Waals surface area contributed by atoms with Crippen molar-refractivity contribution in [1.82, 2.24) is 0 Å². The summed E-state index contributed by atoms with van der Waals surface area (Å²) in [5.74, 6) is 0.408. The first-order valence-electron chi connectivity index (χ1n) is 6.73. The third-order valence-corrected chi connectivity index (χ3v) is 4.88. The summed E-state index contributed by atoms with van der Waals surface area (Å²) in [5.41, 5.74) is 0.101. The molecular weight excluding hydrogens is 280 g/mol. The quantitative estimate of drug-likeness (QED) is 0.668. The van der Waals surface area contributed by atoms with Crippen molar-refractivity contribution in [2.24, 2.45) is 5.92 Å². The molecule has 0 saturated carbocycles. The monoisotopic (exact) mass is 300 g/mol. The molecule has 0 aliphatic carbocycles. The average Bonchev–Trinajstić information content (AvgIpc) is 2.85. The number of aliphatic hydroxyl groups excluding tert-OH is 1. The van der Waals surface area contributed by atoms with Gasteiger partial charge in [-0.25, -0.2) is 0 Å². The molecule has 0 aromatic carbocycles. The highest BCUT2D eigenvalue weighted by atomic mass is 32.1. The molecule has 1 fully saturated rings. The van der Waals surface area contributed by atoms with E-state index in [0.29, 0.717) is 22.4 Å². The highest BCUT2D eigenvalue weighted by molar-refractivity contribution is 7.16. The first-order chi connectivity index (χ1) is 9.52. The number of thiophene rings is 1. The fourth-order valence-electron chi connectivity index (χ4n) is 2.57. The topological polar surface area (TPSA) is 75.8 Å². The molecule has 1 aromatic heterocycles. The van der Waals surface area contributed by atoms with Crippen LogP contribution in [-0.2, 0) is 4.74 Å². The Morgan fingerprint density at radius 1 is 1.70 bits per heavy atom. The van der Waals surface area contributed by atoms with Crippen LogP contribution in [0.25, 0.3) is 0 Å². The van der Waals surface area contributed by atoms with Crippen molar-refractivity contribution >= 4 is 22.0 Å². The van der Waals surface area contributed by atoms with Crippen molar-refractivity contribution in [2.45, 2.75) is 25.9 Å². The van der Waals surface area contributed by atoms with Crippen molar-refractivity contribution < 1.29 is 14.8 Å². The Morgan fingerprint density at radius 2 is 2.45 bits per heavy atom. The summed E-state index contributed by atoms with van der Waals surface area (Å²) < 4.78 is 5.19. The van der Waals surface area contributed by atoms with Gasteiger partial charge in [-0.2, -0.15) is 0 Å². The highest BCUT2D eigenvalue weighted by Crippen LogP contribution is 2.41. The fraction of sp³-hybridized carbons (Fsp3) is 0.692. The lowest BCUT2D eigenvalue weighted by atomic mass is 9.99. The van der Waals surface area contributed by atoms with Crippen molar-refractivity contribution in [3.63, 3.8) is 0 Å². The average molecular weight is 300 g/mol. The lowest BCUT2D eigenvalue weighted by Crippen LogP contribution is -2.36. The molecule has 20 heavy (non-hydrogen) atoms. The molecule has 1 N–H and O–H groups in total. The smallest absolute Gasteiger partial charge is 0.304 e. The van der Waals surface area contributed by atoms with Gasteiger partial charge in [-0.1, -0.05) is 0 Å². The van der Waals surface area contributed by atoms with Crippen LogP contribution in [0.5, 0.6) is 0 Å². The summed E-state index contributed by atoms with van der Waals surface area (Å²) in [6.45, 7) is 3.90. The van der Waals surface area contributed by atoms with Gasteiger partial charge in [0.1, 0.15) is 0 Å². The van der Waals surface area contributed by atoms with Crippen molar-refractivity contribution in [2.75, 3.05) is 31.7 Å². The third-order valence-electron chi connectivity index (χ3n) is 3.53. The van der Waals surface area contributed by atoms with Crippen LogP contribution in [0.4, 0.5) is 10.7 Å². The summed E-state index contributed by atoms with van der Waals surface area (Å²) in [4.78, 5) is 13.5. The van der Waals surface area contributed by atoms with Gasteiger partial charge < -0.3 is 14.7 Å². The molecule has 0 radical (unpaired) electrons. The second-order valence-corrected chi connectivity index (χ2v) is 6.24. The molecule has 2 rings (SSSR count). The summed E-state index contributed by atoms with van der Waals surface area (Å²) in [5, 5.41) is 21.5. The summed E-state index contributed by atoms with van der Waals surface area (Å²) in [6, 6.07) is 1.49. The van der Waals surface area contributed by atoms with E-state index in [1.165, 1.54) is 17.4 Å². The second-order valence-electron chi connectivity index (χ2n) is 5.18. The van der Waals surface area contributed by atoms with E-state index in [9.17, 15) is 15.2 Å². The van der Waals surface area contributed by atoms with E-state index in [-0.39, 0.29) is 10.6 Å². The zero-order chi connectivity index (χ0) is 14.7. The van der Waals surface area contributed by atoms with Gasteiger partial charge in [0.15, 0.2) is 5.00 Å². The normalized spacial score (nSPS) is 20.9. The zero-order valence-electron chi connectivity index (χ0n) is 11.7. The molecular formula is C13H20N2O4S. The second kappa shape index (κ2) is 6.51. The van der Waals surface area contributed by atoms with Crippen LogP contribution in [0.1, 0.15) is 30.7 Å². The van der Waals surface area contributed by atoms with Crippen LogP contribution >= 0.6 is 11.3 Å². The Hall–Kier alpha value is -1.18. The molecule has 1 aromatic rings. The number of methoxy groups -OCH3 is 1. The lowest BCUT2D eigenvalue weighted by Gasteiger charge is -2.32. The van der Waals surface area contributed by atoms with Crippen molar-refractivity contribution in [1.29, 1.82) is 0 Å². The van der Waals surface area contributed by atoms with Crippen LogP contribution < -0.4 is 4.90 Å². The number of piperidine rings is 1. The predicted octanol–water partition coefficient (Wildman–Crippen LogP) is 2.57. The van der Waals surface area contributed by atoms with Gasteiger partial charge in [-0.15, -0.1) is 11.3 Å². The number of aliphatic hydroxyl groups is 1. The largest absolute Gasteiger partial charge is 0.388 e. The fourth-order valence-corrected chi connectivity index (χ4v) is 3.67. The van der Waals surface area contributed by atoms with Gasteiger partial charge in [-0.3, -0.25) is 10.1 Å². The van der Waals surface area contributed by atoms with Gasteiger partial charge in [-0.05, 0) is 25.7 Å². The summed E-state index contributed by atoms with van der Waals surface area (Å²) >= 11 is 1.32. The maximum Gasteiger partial charge on any atom is 0.304 e. The van der Waals surface area contributed by atoms with Crippen LogP contribution in [0.2, 0.25) is 0 Å². The minimum atomic E-state index is -0.674. The highest BCUT2D eigenvalue weighted by Gasteiger charge is 2.29. The van der Waals surface area contributed by atoms with E-state index in [4.69, 9.17) is 4.74 Å². The standard InChI is InChI=1S/C13H20N2O4S/c1-9(16)12-6-11(15(17)18)13(20-12)14-5-3-4-10(7-14)8-19-2/h6,9-10,16H,3-5,7-8H2,1-2H3/t9-,10?/m0/s1. The van der Waals surface area contributed by atoms with Gasteiger partial charge in [0.25, 0.3) is 0 Å². The van der Waals surface area contributed by atoms with Crippen molar-refractivity contribution in [3.8, 4) is 0 Å². The molecule has 2 heterocycles. The molecule has 1 unspecified atom stereocenters. The number of nitrogens with zero attached hydrogens (tertiary/aromatic N) is 2. The number of anilines is 1. The first kappa shape index (κ1) is 15.2. The predicted molar refractivity (Wildman–Crippen MR) is 78.4 cm³/mol.